The molecule has 3 rings (SSSR count). The average Bonchev–Trinajstić information content (AvgIpc) is 2.87. The predicted octanol–water partition coefficient (Wildman–Crippen LogP) is 2.98. The summed E-state index contributed by atoms with van der Waals surface area (Å²) in [4.78, 5) is 16.6. The lowest BCUT2D eigenvalue weighted by atomic mass is 10.1. The van der Waals surface area contributed by atoms with Crippen LogP contribution in [0.15, 0.2) is 29.3 Å². The number of hydrogen-bond donors (Lipinski definition) is 1. The Kier molecular flexibility index (Phi) is 5.24. The first-order chi connectivity index (χ1) is 9.67. The van der Waals surface area contributed by atoms with Crippen molar-refractivity contribution in [1.29, 1.82) is 0 Å². The molecular formula is C14H16ClFN2O2S. The SMILES string of the molecule is Cl.O=C(NC1=NC2(CCCO2)CCS1)c1ccc(F)cc1. The Morgan fingerprint density at radius 3 is 2.76 bits per heavy atom. The van der Waals surface area contributed by atoms with Crippen LogP contribution in [0.25, 0.3) is 0 Å². The van der Waals surface area contributed by atoms with Crippen molar-refractivity contribution in [2.45, 2.75) is 25.0 Å². The zero-order valence-electron chi connectivity index (χ0n) is 11.3. The number of aliphatic imine (C=N–C) groups is 1. The molecule has 0 aromatic heterocycles. The molecule has 1 spiro atoms. The number of halogens is 2. The molecule has 2 heterocycles. The average molecular weight is 331 g/mol. The number of thioether (sulfide) groups is 1. The molecule has 7 heteroatoms. The third kappa shape index (κ3) is 3.75. The second-order valence-corrected chi connectivity index (χ2v) is 5.96. The molecule has 21 heavy (non-hydrogen) atoms. The van der Waals surface area contributed by atoms with Gasteiger partial charge >= 0.3 is 0 Å². The van der Waals surface area contributed by atoms with Crippen LogP contribution in [0.5, 0.6) is 0 Å². The summed E-state index contributed by atoms with van der Waals surface area (Å²) >= 11 is 1.51. The maximum atomic E-state index is 12.8. The van der Waals surface area contributed by atoms with Gasteiger partial charge in [-0.05, 0) is 37.1 Å². The van der Waals surface area contributed by atoms with E-state index in [9.17, 15) is 9.18 Å². The molecule has 0 radical (unpaired) electrons. The zero-order valence-corrected chi connectivity index (χ0v) is 12.9. The second-order valence-electron chi connectivity index (χ2n) is 4.87. The van der Waals surface area contributed by atoms with E-state index in [1.54, 1.807) is 0 Å². The van der Waals surface area contributed by atoms with E-state index in [1.807, 2.05) is 0 Å². The van der Waals surface area contributed by atoms with Gasteiger partial charge in [-0.25, -0.2) is 9.38 Å². The molecule has 1 fully saturated rings. The summed E-state index contributed by atoms with van der Waals surface area (Å²) in [7, 11) is 0. The molecule has 1 N–H and O–H groups in total. The number of carbonyl (C=O) groups excluding carboxylic acids is 1. The van der Waals surface area contributed by atoms with Gasteiger partial charge in [0.2, 0.25) is 0 Å². The highest BCUT2D eigenvalue weighted by Gasteiger charge is 2.37. The number of carbonyl (C=O) groups is 1. The van der Waals surface area contributed by atoms with Gasteiger partial charge < -0.3 is 10.1 Å². The van der Waals surface area contributed by atoms with Crippen molar-refractivity contribution in [3.63, 3.8) is 0 Å². The van der Waals surface area contributed by atoms with Crippen molar-refractivity contribution in [3.05, 3.63) is 35.6 Å². The van der Waals surface area contributed by atoms with Gasteiger partial charge in [0.15, 0.2) is 10.9 Å². The highest BCUT2D eigenvalue weighted by molar-refractivity contribution is 8.13. The Morgan fingerprint density at radius 1 is 1.33 bits per heavy atom. The van der Waals surface area contributed by atoms with E-state index in [-0.39, 0.29) is 24.1 Å². The van der Waals surface area contributed by atoms with E-state index in [0.717, 1.165) is 31.6 Å². The summed E-state index contributed by atoms with van der Waals surface area (Å²) in [5, 5.41) is 3.37. The molecule has 114 valence electrons. The summed E-state index contributed by atoms with van der Waals surface area (Å²) in [6.07, 6.45) is 2.80. The number of ether oxygens (including phenoxy) is 1. The highest BCUT2D eigenvalue weighted by Crippen LogP contribution is 2.35. The van der Waals surface area contributed by atoms with E-state index < -0.39 is 5.72 Å². The van der Waals surface area contributed by atoms with E-state index >= 15 is 0 Å². The fourth-order valence-electron chi connectivity index (χ4n) is 2.38. The lowest BCUT2D eigenvalue weighted by Gasteiger charge is -2.28. The highest BCUT2D eigenvalue weighted by atomic mass is 35.5. The summed E-state index contributed by atoms with van der Waals surface area (Å²) in [5.41, 5.74) is -0.0157. The van der Waals surface area contributed by atoms with Crippen LogP contribution < -0.4 is 5.32 Å². The van der Waals surface area contributed by atoms with Crippen LogP contribution in [-0.2, 0) is 4.74 Å². The van der Waals surface area contributed by atoms with Crippen molar-refractivity contribution >= 4 is 35.2 Å². The molecule has 2 aliphatic rings. The van der Waals surface area contributed by atoms with Crippen molar-refractivity contribution in [2.75, 3.05) is 12.4 Å². The number of nitrogens with one attached hydrogen (secondary N) is 1. The summed E-state index contributed by atoms with van der Waals surface area (Å²) in [6.45, 7) is 0.730. The van der Waals surface area contributed by atoms with Crippen molar-refractivity contribution in [1.82, 2.24) is 5.32 Å². The summed E-state index contributed by atoms with van der Waals surface area (Å²) < 4.78 is 18.5. The van der Waals surface area contributed by atoms with Crippen LogP contribution >= 0.6 is 24.2 Å². The third-order valence-corrected chi connectivity index (χ3v) is 4.32. The number of nitrogens with zero attached hydrogens (tertiary/aromatic N) is 1. The first kappa shape index (κ1) is 16.3. The Balaban J connectivity index is 0.00000161. The normalized spacial score (nSPS) is 24.3. The molecule has 1 aromatic carbocycles. The van der Waals surface area contributed by atoms with Gasteiger partial charge in [-0.3, -0.25) is 4.79 Å². The maximum absolute atomic E-state index is 12.8. The van der Waals surface area contributed by atoms with Crippen molar-refractivity contribution in [3.8, 4) is 0 Å². The predicted molar refractivity (Wildman–Crippen MR) is 83.5 cm³/mol. The fourth-order valence-corrected chi connectivity index (χ4v) is 3.39. The number of rotatable bonds is 1. The first-order valence-corrected chi connectivity index (χ1v) is 7.59. The lowest BCUT2D eigenvalue weighted by molar-refractivity contribution is 0.00916. The van der Waals surface area contributed by atoms with E-state index in [4.69, 9.17) is 4.74 Å². The Labute approximate surface area is 133 Å². The Bertz CT molecular complexity index is 544. The van der Waals surface area contributed by atoms with Gasteiger partial charge in [0.05, 0.1) is 0 Å². The largest absolute Gasteiger partial charge is 0.354 e. The lowest BCUT2D eigenvalue weighted by Crippen LogP contribution is -2.37. The second kappa shape index (κ2) is 6.77. The smallest absolute Gasteiger partial charge is 0.257 e. The molecule has 2 aliphatic heterocycles. The molecule has 0 saturated carbocycles. The zero-order chi connectivity index (χ0) is 14.0. The Morgan fingerprint density at radius 2 is 2.10 bits per heavy atom. The van der Waals surface area contributed by atoms with Crippen LogP contribution in [0.3, 0.4) is 0 Å². The molecule has 1 atom stereocenters. The molecule has 0 bridgehead atoms. The van der Waals surface area contributed by atoms with Gasteiger partial charge in [0.25, 0.3) is 5.91 Å². The minimum Gasteiger partial charge on any atom is -0.354 e. The standard InChI is InChI=1S/C14H15FN2O2S.ClH/c15-11-4-2-10(3-5-11)12(18)16-13-17-14(7-9-20-13)6-1-8-19-14;/h2-5H,1,6-9H2,(H,16,17,18);1H. The van der Waals surface area contributed by atoms with Crippen LogP contribution in [0.2, 0.25) is 0 Å². The maximum Gasteiger partial charge on any atom is 0.257 e. The van der Waals surface area contributed by atoms with E-state index in [1.165, 1.54) is 36.0 Å². The van der Waals surface area contributed by atoms with Crippen LogP contribution in [0, 0.1) is 5.82 Å². The van der Waals surface area contributed by atoms with Gasteiger partial charge in [-0.1, -0.05) is 11.8 Å². The summed E-state index contributed by atoms with van der Waals surface area (Å²) in [6, 6.07) is 5.46. The fraction of sp³-hybridized carbons (Fsp3) is 0.429. The van der Waals surface area contributed by atoms with Gasteiger partial charge in [0.1, 0.15) is 5.82 Å². The third-order valence-electron chi connectivity index (χ3n) is 3.45. The van der Waals surface area contributed by atoms with Crippen molar-refractivity contribution < 1.29 is 13.9 Å². The van der Waals surface area contributed by atoms with E-state index in [2.05, 4.69) is 10.3 Å². The number of amides is 1. The van der Waals surface area contributed by atoms with E-state index in [0.29, 0.717) is 10.7 Å². The van der Waals surface area contributed by atoms with Crippen LogP contribution in [-0.4, -0.2) is 29.2 Å². The molecule has 1 amide bonds. The number of benzene rings is 1. The number of amidine groups is 1. The first-order valence-electron chi connectivity index (χ1n) is 6.60. The van der Waals surface area contributed by atoms with Crippen LogP contribution in [0.1, 0.15) is 29.6 Å². The molecule has 0 aliphatic carbocycles. The van der Waals surface area contributed by atoms with Gasteiger partial charge in [-0.2, -0.15) is 0 Å². The van der Waals surface area contributed by atoms with Gasteiger partial charge in [-0.15, -0.1) is 12.4 Å². The van der Waals surface area contributed by atoms with Gasteiger partial charge in [0, 0.05) is 24.3 Å². The van der Waals surface area contributed by atoms with Crippen LogP contribution in [0.4, 0.5) is 4.39 Å². The topological polar surface area (TPSA) is 50.7 Å². The molecule has 1 unspecified atom stereocenters. The van der Waals surface area contributed by atoms with Crippen molar-refractivity contribution in [2.24, 2.45) is 4.99 Å². The molecular weight excluding hydrogens is 315 g/mol. The number of hydrogen-bond acceptors (Lipinski definition) is 4. The quantitative estimate of drug-likeness (QED) is 0.861. The minimum absolute atomic E-state index is 0. The molecule has 4 nitrogen and oxygen atoms in total. The Hall–Kier alpha value is -1.11. The molecule has 1 saturated heterocycles. The monoisotopic (exact) mass is 330 g/mol. The molecule has 1 aromatic rings. The summed E-state index contributed by atoms with van der Waals surface area (Å²) in [5.74, 6) is 0.248. The minimum atomic E-state index is -0.434.